The maximum atomic E-state index is 12.7. The van der Waals surface area contributed by atoms with E-state index in [1.807, 2.05) is 19.1 Å². The van der Waals surface area contributed by atoms with E-state index in [2.05, 4.69) is 31.1 Å². The van der Waals surface area contributed by atoms with Crippen molar-refractivity contribution >= 4 is 23.4 Å². The summed E-state index contributed by atoms with van der Waals surface area (Å²) in [7, 11) is 0. The van der Waals surface area contributed by atoms with Crippen molar-refractivity contribution in [1.29, 1.82) is 0 Å². The number of carbonyl (C=O) groups is 1. The van der Waals surface area contributed by atoms with E-state index < -0.39 is 11.7 Å². The van der Waals surface area contributed by atoms with Crippen LogP contribution >= 0.6 is 0 Å². The molecule has 3 aromatic rings. The summed E-state index contributed by atoms with van der Waals surface area (Å²) >= 11 is 0. The molecule has 0 atom stereocenters. The Labute approximate surface area is 177 Å². The second-order valence-corrected chi connectivity index (χ2v) is 6.80. The second kappa shape index (κ2) is 9.88. The largest absolute Gasteiger partial charge is 0.416 e. The number of aryl methyl sites for hydroxylation is 1. The first-order valence-electron chi connectivity index (χ1n) is 9.50. The third-order valence-electron chi connectivity index (χ3n) is 4.21. The molecule has 31 heavy (non-hydrogen) atoms. The van der Waals surface area contributed by atoms with Crippen molar-refractivity contribution in [1.82, 2.24) is 20.5 Å². The van der Waals surface area contributed by atoms with Gasteiger partial charge in [-0.2, -0.15) is 13.2 Å². The van der Waals surface area contributed by atoms with Crippen molar-refractivity contribution in [2.45, 2.75) is 19.5 Å². The maximum absolute atomic E-state index is 12.7. The van der Waals surface area contributed by atoms with Crippen LogP contribution < -0.4 is 16.0 Å². The van der Waals surface area contributed by atoms with Crippen LogP contribution in [0.3, 0.4) is 0 Å². The maximum Gasteiger partial charge on any atom is 0.416 e. The molecule has 3 rings (SSSR count). The van der Waals surface area contributed by atoms with Crippen molar-refractivity contribution in [3.05, 3.63) is 71.4 Å². The Morgan fingerprint density at radius 3 is 2.45 bits per heavy atom. The highest BCUT2D eigenvalue weighted by atomic mass is 19.4. The van der Waals surface area contributed by atoms with E-state index in [-0.39, 0.29) is 18.9 Å². The Kier molecular flexibility index (Phi) is 7.01. The number of alkyl halides is 3. The molecule has 7 nitrogen and oxygen atoms in total. The van der Waals surface area contributed by atoms with Crippen LogP contribution in [-0.2, 0) is 17.4 Å². The van der Waals surface area contributed by atoms with Crippen molar-refractivity contribution < 1.29 is 18.0 Å². The van der Waals surface area contributed by atoms with Gasteiger partial charge in [0, 0.05) is 19.3 Å². The molecule has 0 aliphatic rings. The van der Waals surface area contributed by atoms with E-state index >= 15 is 0 Å². The zero-order valence-electron chi connectivity index (χ0n) is 16.7. The molecule has 0 bridgehead atoms. The minimum absolute atomic E-state index is 0.128. The molecule has 0 saturated carbocycles. The van der Waals surface area contributed by atoms with Crippen molar-refractivity contribution in [3.8, 4) is 0 Å². The van der Waals surface area contributed by atoms with Crippen LogP contribution in [-0.4, -0.2) is 34.2 Å². The lowest BCUT2D eigenvalue weighted by atomic mass is 10.1. The highest BCUT2D eigenvalue weighted by Crippen LogP contribution is 2.29. The molecule has 1 amide bonds. The zero-order valence-corrected chi connectivity index (χ0v) is 16.7. The van der Waals surface area contributed by atoms with Gasteiger partial charge in [0.1, 0.15) is 11.6 Å². The van der Waals surface area contributed by atoms with E-state index in [0.717, 1.165) is 17.7 Å². The lowest BCUT2D eigenvalue weighted by Crippen LogP contribution is -2.30. The fourth-order valence-corrected chi connectivity index (χ4v) is 2.73. The van der Waals surface area contributed by atoms with Crippen molar-refractivity contribution in [2.24, 2.45) is 0 Å². The number of hydrogen-bond acceptors (Lipinski definition) is 6. The van der Waals surface area contributed by atoms with Gasteiger partial charge in [0.15, 0.2) is 5.82 Å². The van der Waals surface area contributed by atoms with Gasteiger partial charge in [-0.1, -0.05) is 18.2 Å². The number of anilines is 3. The van der Waals surface area contributed by atoms with Gasteiger partial charge in [-0.25, -0.2) is 4.98 Å². The van der Waals surface area contributed by atoms with Gasteiger partial charge < -0.3 is 16.0 Å². The van der Waals surface area contributed by atoms with E-state index in [1.54, 1.807) is 18.3 Å². The summed E-state index contributed by atoms with van der Waals surface area (Å²) in [6, 6.07) is 12.0. The minimum Gasteiger partial charge on any atom is -0.367 e. The Morgan fingerprint density at radius 1 is 0.968 bits per heavy atom. The van der Waals surface area contributed by atoms with Crippen molar-refractivity contribution in [2.75, 3.05) is 23.7 Å². The Balaban J connectivity index is 1.41. The molecule has 0 saturated heterocycles. The number of benzene rings is 1. The van der Waals surface area contributed by atoms with Crippen LogP contribution in [0.4, 0.5) is 30.6 Å². The number of nitrogens with zero attached hydrogens (tertiary/aromatic N) is 3. The fraction of sp³-hybridized carbons (Fsp3) is 0.238. The molecule has 2 aromatic heterocycles. The summed E-state index contributed by atoms with van der Waals surface area (Å²) < 4.78 is 38.2. The Bertz CT molecular complexity index is 1020. The third-order valence-corrected chi connectivity index (χ3v) is 4.21. The normalized spacial score (nSPS) is 11.1. The number of aromatic nitrogens is 3. The average Bonchev–Trinajstić information content (AvgIpc) is 2.72. The number of hydrogen-bond donors (Lipinski definition) is 3. The summed E-state index contributed by atoms with van der Waals surface area (Å²) in [4.78, 5) is 16.2. The van der Waals surface area contributed by atoms with Gasteiger partial charge in [0.05, 0.1) is 12.0 Å². The summed E-state index contributed by atoms with van der Waals surface area (Å²) in [6.07, 6.45) is -2.86. The molecule has 10 heteroatoms. The molecule has 3 N–H and O–H groups in total. The van der Waals surface area contributed by atoms with Gasteiger partial charge in [0.2, 0.25) is 5.91 Å². The number of halogens is 3. The van der Waals surface area contributed by atoms with E-state index in [0.29, 0.717) is 29.6 Å². The molecule has 1 aromatic carbocycles. The summed E-state index contributed by atoms with van der Waals surface area (Å²) in [5.74, 6) is 1.36. The molecule has 0 fully saturated rings. The Hall–Kier alpha value is -3.69. The molecule has 0 spiro atoms. The highest BCUT2D eigenvalue weighted by molar-refractivity contribution is 5.78. The third kappa shape index (κ3) is 6.95. The minimum atomic E-state index is -4.43. The first-order chi connectivity index (χ1) is 14.8. The number of amides is 1. The monoisotopic (exact) mass is 430 g/mol. The molecule has 0 unspecified atom stereocenters. The van der Waals surface area contributed by atoms with Crippen LogP contribution in [0.25, 0.3) is 0 Å². The van der Waals surface area contributed by atoms with Crippen LogP contribution in [0.15, 0.2) is 54.7 Å². The number of rotatable bonds is 8. The highest BCUT2D eigenvalue weighted by Gasteiger charge is 2.30. The SMILES string of the molecule is Cc1ccnc(Nc2ccc(NCCNC(=O)Cc3cccc(C(F)(F)F)c3)nn2)c1. The summed E-state index contributed by atoms with van der Waals surface area (Å²) in [5, 5.41) is 16.8. The van der Waals surface area contributed by atoms with E-state index in [4.69, 9.17) is 0 Å². The van der Waals surface area contributed by atoms with E-state index in [1.165, 1.54) is 12.1 Å². The predicted molar refractivity (Wildman–Crippen MR) is 111 cm³/mol. The van der Waals surface area contributed by atoms with Gasteiger partial charge in [-0.15, -0.1) is 10.2 Å². The predicted octanol–water partition coefficient (Wildman–Crippen LogP) is 3.71. The molecule has 0 aliphatic carbocycles. The Morgan fingerprint density at radius 2 is 1.74 bits per heavy atom. The van der Waals surface area contributed by atoms with Gasteiger partial charge in [-0.05, 0) is 48.4 Å². The molecular formula is C21H21F3N6O. The quantitative estimate of drug-likeness (QED) is 0.472. The molecule has 0 aliphatic heterocycles. The van der Waals surface area contributed by atoms with Gasteiger partial charge in [-0.3, -0.25) is 4.79 Å². The van der Waals surface area contributed by atoms with Crippen molar-refractivity contribution in [3.63, 3.8) is 0 Å². The van der Waals surface area contributed by atoms with Gasteiger partial charge >= 0.3 is 6.18 Å². The second-order valence-electron chi connectivity index (χ2n) is 6.80. The first-order valence-corrected chi connectivity index (χ1v) is 9.50. The number of nitrogens with one attached hydrogen (secondary N) is 3. The topological polar surface area (TPSA) is 91.8 Å². The fourth-order valence-electron chi connectivity index (χ4n) is 2.73. The first kappa shape index (κ1) is 22.0. The van der Waals surface area contributed by atoms with Crippen LogP contribution in [0.2, 0.25) is 0 Å². The summed E-state index contributed by atoms with van der Waals surface area (Å²) in [6.45, 7) is 2.63. The lowest BCUT2D eigenvalue weighted by Gasteiger charge is -2.10. The smallest absolute Gasteiger partial charge is 0.367 e. The average molecular weight is 430 g/mol. The number of carbonyl (C=O) groups excluding carboxylic acids is 1. The van der Waals surface area contributed by atoms with E-state index in [9.17, 15) is 18.0 Å². The molecular weight excluding hydrogens is 409 g/mol. The molecule has 2 heterocycles. The number of pyridine rings is 1. The summed E-state index contributed by atoms with van der Waals surface area (Å²) in [5.41, 5.74) is 0.602. The van der Waals surface area contributed by atoms with Crippen LogP contribution in [0.5, 0.6) is 0 Å². The lowest BCUT2D eigenvalue weighted by molar-refractivity contribution is -0.137. The molecule has 0 radical (unpaired) electrons. The van der Waals surface area contributed by atoms with Crippen LogP contribution in [0.1, 0.15) is 16.7 Å². The van der Waals surface area contributed by atoms with Crippen LogP contribution in [0, 0.1) is 6.92 Å². The van der Waals surface area contributed by atoms with Gasteiger partial charge in [0.25, 0.3) is 0 Å². The molecule has 162 valence electrons. The zero-order chi connectivity index (χ0) is 22.3. The standard InChI is InChI=1S/C21H21F3N6O/c1-14-7-8-25-19(11-14)28-18-6-5-17(29-30-18)26-9-10-27-20(31)13-15-3-2-4-16(12-15)21(22,23)24/h2-8,11-12H,9-10,13H2,1H3,(H,26,29)(H,27,31)(H,25,28,30).